The summed E-state index contributed by atoms with van der Waals surface area (Å²) in [5.74, 6) is 1.35. The standard InChI is InChI=1S/C22H23N3O3/c26-21-16-20(17-4-2-1-3-5-17)23-22(24-21)18-6-8-19(9-7-18)28-15-12-25-10-13-27-14-11-25/h1-9,16H,10-15H2,(H,23,24,26). The van der Waals surface area contributed by atoms with Crippen LogP contribution < -0.4 is 10.3 Å². The van der Waals surface area contributed by atoms with Crippen LogP contribution >= 0.6 is 0 Å². The lowest BCUT2D eigenvalue weighted by Gasteiger charge is -2.26. The summed E-state index contributed by atoms with van der Waals surface area (Å²) in [6.07, 6.45) is 0. The van der Waals surface area contributed by atoms with Crippen LogP contribution in [-0.4, -0.2) is 54.3 Å². The van der Waals surface area contributed by atoms with Crippen LogP contribution in [0.2, 0.25) is 0 Å². The maximum absolute atomic E-state index is 12.1. The number of hydrogen-bond donors (Lipinski definition) is 1. The van der Waals surface area contributed by atoms with E-state index in [2.05, 4.69) is 14.9 Å². The Morgan fingerprint density at radius 2 is 1.75 bits per heavy atom. The highest BCUT2D eigenvalue weighted by atomic mass is 16.5. The molecule has 6 heteroatoms. The van der Waals surface area contributed by atoms with E-state index in [-0.39, 0.29) is 5.56 Å². The van der Waals surface area contributed by atoms with E-state index < -0.39 is 0 Å². The fraction of sp³-hybridized carbons (Fsp3) is 0.273. The first-order chi connectivity index (χ1) is 13.8. The largest absolute Gasteiger partial charge is 0.492 e. The minimum absolute atomic E-state index is 0.172. The van der Waals surface area contributed by atoms with Crippen LogP contribution in [0.25, 0.3) is 22.6 Å². The SMILES string of the molecule is O=c1cc(-c2ccccc2)nc(-c2ccc(OCCN3CCOCC3)cc2)[nH]1. The van der Waals surface area contributed by atoms with Gasteiger partial charge in [0.05, 0.1) is 18.9 Å². The van der Waals surface area contributed by atoms with Gasteiger partial charge in [0.2, 0.25) is 0 Å². The smallest absolute Gasteiger partial charge is 0.251 e. The second-order valence-corrected chi connectivity index (χ2v) is 6.67. The van der Waals surface area contributed by atoms with Crippen molar-refractivity contribution in [3.05, 3.63) is 71.0 Å². The summed E-state index contributed by atoms with van der Waals surface area (Å²) >= 11 is 0. The lowest BCUT2D eigenvalue weighted by molar-refractivity contribution is 0.0322. The van der Waals surface area contributed by atoms with Crippen LogP contribution in [0.5, 0.6) is 5.75 Å². The molecule has 28 heavy (non-hydrogen) atoms. The summed E-state index contributed by atoms with van der Waals surface area (Å²) in [5, 5.41) is 0. The van der Waals surface area contributed by atoms with Crippen molar-refractivity contribution >= 4 is 0 Å². The van der Waals surface area contributed by atoms with Gasteiger partial charge in [-0.05, 0) is 24.3 Å². The van der Waals surface area contributed by atoms with E-state index in [0.717, 1.165) is 49.7 Å². The second kappa shape index (κ2) is 8.82. The molecule has 1 aliphatic heterocycles. The summed E-state index contributed by atoms with van der Waals surface area (Å²) in [4.78, 5) is 21.8. The monoisotopic (exact) mass is 377 g/mol. The Morgan fingerprint density at radius 3 is 2.50 bits per heavy atom. The number of morpholine rings is 1. The van der Waals surface area contributed by atoms with Crippen molar-refractivity contribution in [3.8, 4) is 28.4 Å². The molecule has 1 aromatic heterocycles. The molecule has 4 rings (SSSR count). The zero-order valence-electron chi connectivity index (χ0n) is 15.6. The third-order valence-electron chi connectivity index (χ3n) is 4.72. The number of H-pyrrole nitrogens is 1. The number of benzene rings is 2. The predicted molar refractivity (Wildman–Crippen MR) is 108 cm³/mol. The molecule has 3 aromatic rings. The number of aromatic amines is 1. The third-order valence-corrected chi connectivity index (χ3v) is 4.72. The zero-order chi connectivity index (χ0) is 19.2. The van der Waals surface area contributed by atoms with E-state index in [1.807, 2.05) is 54.6 Å². The van der Waals surface area contributed by atoms with Gasteiger partial charge >= 0.3 is 0 Å². The molecule has 6 nitrogen and oxygen atoms in total. The van der Waals surface area contributed by atoms with Crippen molar-refractivity contribution in [3.63, 3.8) is 0 Å². The van der Waals surface area contributed by atoms with Crippen LogP contribution in [-0.2, 0) is 4.74 Å². The van der Waals surface area contributed by atoms with Gasteiger partial charge in [-0.1, -0.05) is 30.3 Å². The molecule has 0 unspecified atom stereocenters. The maximum Gasteiger partial charge on any atom is 0.251 e. The van der Waals surface area contributed by atoms with Crippen molar-refractivity contribution in [2.24, 2.45) is 0 Å². The highest BCUT2D eigenvalue weighted by molar-refractivity contribution is 5.63. The molecule has 0 bridgehead atoms. The van der Waals surface area contributed by atoms with E-state index in [0.29, 0.717) is 18.1 Å². The van der Waals surface area contributed by atoms with Crippen molar-refractivity contribution in [2.75, 3.05) is 39.5 Å². The van der Waals surface area contributed by atoms with Gasteiger partial charge in [0, 0.05) is 36.8 Å². The van der Waals surface area contributed by atoms with Gasteiger partial charge in [-0.2, -0.15) is 0 Å². The lowest BCUT2D eigenvalue weighted by atomic mass is 10.1. The summed E-state index contributed by atoms with van der Waals surface area (Å²) in [7, 11) is 0. The first-order valence-electron chi connectivity index (χ1n) is 9.48. The molecule has 0 saturated carbocycles. The molecule has 0 spiro atoms. The molecule has 1 fully saturated rings. The molecule has 144 valence electrons. The molecule has 0 amide bonds. The Kier molecular flexibility index (Phi) is 5.80. The van der Waals surface area contributed by atoms with Gasteiger partial charge in [-0.25, -0.2) is 4.98 Å². The quantitative estimate of drug-likeness (QED) is 0.716. The molecule has 0 radical (unpaired) electrons. The minimum atomic E-state index is -0.172. The van der Waals surface area contributed by atoms with Crippen molar-refractivity contribution in [1.29, 1.82) is 0 Å². The first kappa shape index (κ1) is 18.4. The van der Waals surface area contributed by atoms with E-state index in [4.69, 9.17) is 9.47 Å². The average molecular weight is 377 g/mol. The number of hydrogen-bond acceptors (Lipinski definition) is 5. The Bertz CT molecular complexity index is 949. The molecular weight excluding hydrogens is 354 g/mol. The van der Waals surface area contributed by atoms with Gasteiger partial charge < -0.3 is 14.5 Å². The van der Waals surface area contributed by atoms with Gasteiger partial charge in [0.25, 0.3) is 5.56 Å². The van der Waals surface area contributed by atoms with Crippen LogP contribution in [0.15, 0.2) is 65.5 Å². The topological polar surface area (TPSA) is 67.4 Å². The maximum atomic E-state index is 12.1. The van der Waals surface area contributed by atoms with Crippen molar-refractivity contribution in [1.82, 2.24) is 14.9 Å². The number of nitrogens with zero attached hydrogens (tertiary/aromatic N) is 2. The third kappa shape index (κ3) is 4.65. The number of aromatic nitrogens is 2. The van der Waals surface area contributed by atoms with Crippen LogP contribution in [0.4, 0.5) is 0 Å². The summed E-state index contributed by atoms with van der Waals surface area (Å²) in [6, 6.07) is 18.8. The number of nitrogens with one attached hydrogen (secondary N) is 1. The number of ether oxygens (including phenoxy) is 2. The molecule has 1 saturated heterocycles. The molecule has 1 N–H and O–H groups in total. The Balaban J connectivity index is 1.43. The summed E-state index contributed by atoms with van der Waals surface area (Å²) in [5.41, 5.74) is 2.24. The molecule has 2 aromatic carbocycles. The van der Waals surface area contributed by atoms with Gasteiger partial charge in [0.1, 0.15) is 18.2 Å². The normalized spacial score (nSPS) is 14.7. The zero-order valence-corrected chi connectivity index (χ0v) is 15.6. The highest BCUT2D eigenvalue weighted by Crippen LogP contribution is 2.21. The van der Waals surface area contributed by atoms with E-state index in [1.165, 1.54) is 6.07 Å². The van der Waals surface area contributed by atoms with E-state index >= 15 is 0 Å². The van der Waals surface area contributed by atoms with Gasteiger partial charge in [0.15, 0.2) is 0 Å². The van der Waals surface area contributed by atoms with E-state index in [9.17, 15) is 4.79 Å². The summed E-state index contributed by atoms with van der Waals surface area (Å²) in [6.45, 7) is 5.03. The predicted octanol–water partition coefficient (Wildman–Crippen LogP) is 2.81. The first-order valence-corrected chi connectivity index (χ1v) is 9.48. The minimum Gasteiger partial charge on any atom is -0.492 e. The molecule has 0 atom stereocenters. The van der Waals surface area contributed by atoms with Crippen LogP contribution in [0, 0.1) is 0 Å². The van der Waals surface area contributed by atoms with Gasteiger partial charge in [-0.3, -0.25) is 9.69 Å². The fourth-order valence-corrected chi connectivity index (χ4v) is 3.18. The Hall–Kier alpha value is -2.96. The Morgan fingerprint density at radius 1 is 1.00 bits per heavy atom. The number of rotatable bonds is 6. The summed E-state index contributed by atoms with van der Waals surface area (Å²) < 4.78 is 11.2. The lowest BCUT2D eigenvalue weighted by Crippen LogP contribution is -2.38. The molecule has 1 aliphatic rings. The molecule has 0 aliphatic carbocycles. The van der Waals surface area contributed by atoms with Crippen molar-refractivity contribution < 1.29 is 9.47 Å². The fourth-order valence-electron chi connectivity index (χ4n) is 3.18. The van der Waals surface area contributed by atoms with Crippen LogP contribution in [0.3, 0.4) is 0 Å². The van der Waals surface area contributed by atoms with Crippen LogP contribution in [0.1, 0.15) is 0 Å². The molecule has 2 heterocycles. The van der Waals surface area contributed by atoms with Crippen molar-refractivity contribution in [2.45, 2.75) is 0 Å². The molecular formula is C22H23N3O3. The van der Waals surface area contributed by atoms with E-state index in [1.54, 1.807) is 0 Å². The average Bonchev–Trinajstić information content (AvgIpc) is 2.75. The highest BCUT2D eigenvalue weighted by Gasteiger charge is 2.10. The van der Waals surface area contributed by atoms with Gasteiger partial charge in [-0.15, -0.1) is 0 Å². The Labute approximate surface area is 163 Å². The second-order valence-electron chi connectivity index (χ2n) is 6.67.